The average molecular weight is 972 g/mol. The fourth-order valence-corrected chi connectivity index (χ4v) is 11.9. The smallest absolute Gasteiger partial charge is 0.324 e. The molecule has 2 aliphatic rings. The summed E-state index contributed by atoms with van der Waals surface area (Å²) in [6.07, 6.45) is 7.21. The predicted molar refractivity (Wildman–Crippen MR) is 265 cm³/mol. The molecule has 2 aliphatic heterocycles. The van der Waals surface area contributed by atoms with Gasteiger partial charge >= 0.3 is 11.9 Å². The Morgan fingerprint density at radius 2 is 1.15 bits per heavy atom. The Kier molecular flexibility index (Phi) is 26.3. The van der Waals surface area contributed by atoms with Crippen molar-refractivity contribution in [1.82, 2.24) is 18.4 Å². The van der Waals surface area contributed by atoms with Gasteiger partial charge in [-0.15, -0.1) is 11.6 Å². The Balaban J connectivity index is 0.000000534. The monoisotopic (exact) mass is 971 g/mol. The van der Waals surface area contributed by atoms with Crippen molar-refractivity contribution in [3.63, 3.8) is 0 Å². The summed E-state index contributed by atoms with van der Waals surface area (Å²) in [5.74, 6) is 0.369. The largest absolute Gasteiger partial charge is 0.465 e. The molecule has 4 atom stereocenters. The number of aldehydes is 1. The Hall–Kier alpha value is -2.92. The fraction of sp³-hybridized carbons (Fsp3) is 0.694. The first kappa shape index (κ1) is 60.1. The zero-order valence-corrected chi connectivity index (χ0v) is 44.5. The van der Waals surface area contributed by atoms with Gasteiger partial charge in [0.2, 0.25) is 20.0 Å². The number of hydrogen-bond acceptors (Lipinski definition) is 11. The van der Waals surface area contributed by atoms with Crippen LogP contribution in [0.2, 0.25) is 0 Å². The summed E-state index contributed by atoms with van der Waals surface area (Å²) >= 11 is 4.64. The molecule has 0 aliphatic carbocycles. The number of hydrogen-bond donors (Lipinski definition) is 0. The summed E-state index contributed by atoms with van der Waals surface area (Å²) in [4.78, 5) is 39.4. The highest BCUT2D eigenvalue weighted by Gasteiger charge is 2.43. The predicted octanol–water partition coefficient (Wildman–Crippen LogP) is 8.14. The summed E-state index contributed by atoms with van der Waals surface area (Å²) in [5, 5.41) is 0. The highest BCUT2D eigenvalue weighted by Crippen LogP contribution is 2.30. The molecule has 0 spiro atoms. The van der Waals surface area contributed by atoms with Crippen molar-refractivity contribution in [1.29, 1.82) is 0 Å². The number of benzene rings is 2. The molecule has 2 aromatic rings. The molecule has 0 bridgehead atoms. The van der Waals surface area contributed by atoms with E-state index >= 15 is 0 Å². The van der Waals surface area contributed by atoms with Gasteiger partial charge in [0.25, 0.3) is 0 Å². The molecule has 372 valence electrons. The maximum atomic E-state index is 12.5. The maximum Gasteiger partial charge on any atom is 0.324 e. The number of sulfonamides is 2. The third kappa shape index (κ3) is 23.1. The average Bonchev–Trinajstić information content (AvgIpc) is 3.66. The number of rotatable bonds is 18. The second-order valence-corrected chi connectivity index (χ2v) is 24.2. The first-order valence-corrected chi connectivity index (χ1v) is 26.8. The van der Waals surface area contributed by atoms with Crippen LogP contribution in [0.5, 0.6) is 0 Å². The lowest BCUT2D eigenvalue weighted by molar-refractivity contribution is -0.148. The molecule has 2 heterocycles. The fourth-order valence-electron chi connectivity index (χ4n) is 8.55. The van der Waals surface area contributed by atoms with Gasteiger partial charge in [-0.2, -0.15) is 8.61 Å². The molecule has 65 heavy (non-hydrogen) atoms. The van der Waals surface area contributed by atoms with Crippen LogP contribution in [0.3, 0.4) is 0 Å². The van der Waals surface area contributed by atoms with Gasteiger partial charge in [-0.25, -0.2) is 16.8 Å². The first-order valence-electron chi connectivity index (χ1n) is 22.8. The minimum Gasteiger partial charge on any atom is -0.465 e. The second-order valence-electron chi connectivity index (χ2n) is 20.1. The van der Waals surface area contributed by atoms with Crippen LogP contribution in [0, 0.1) is 22.7 Å². The molecule has 4 rings (SSSR count). The summed E-state index contributed by atoms with van der Waals surface area (Å²) in [6.45, 7) is 22.5. The highest BCUT2D eigenvalue weighted by molar-refractivity contribution is 7.89. The Bertz CT molecular complexity index is 1970. The molecule has 0 N–H and O–H groups in total. The molecule has 2 unspecified atom stereocenters. The topological polar surface area (TPSA) is 151 Å². The number of aryl methyl sites for hydroxylation is 1. The third-order valence-corrected chi connectivity index (χ3v) is 14.3. The SMILES string of the molecule is CCOC(=O)C1CCS(=O)(=O)N1Cc1cccc(C=O)c1.CCOC(=O)C1CCS(=O)(=O)N1Cc1cccc(CC[C@H](CN(C)C)CC(C)(C)C)c1.CCl.C[C@H](CN(C)C)CC(C)(C)C. The van der Waals surface area contributed by atoms with Crippen LogP contribution in [0.25, 0.3) is 0 Å². The molecular weight excluding hydrogens is 888 g/mol. The second kappa shape index (κ2) is 28.4. The minimum atomic E-state index is -3.47. The lowest BCUT2D eigenvalue weighted by atomic mass is 9.82. The summed E-state index contributed by atoms with van der Waals surface area (Å²) in [7, 11) is 1.60. The van der Waals surface area contributed by atoms with Gasteiger partial charge in [0.05, 0.1) is 24.7 Å². The molecule has 2 fully saturated rings. The zero-order chi connectivity index (χ0) is 49.8. The van der Waals surface area contributed by atoms with E-state index in [0.29, 0.717) is 35.2 Å². The van der Waals surface area contributed by atoms with Crippen LogP contribution >= 0.6 is 11.6 Å². The van der Waals surface area contributed by atoms with Crippen molar-refractivity contribution in [3.05, 3.63) is 70.8 Å². The molecule has 0 amide bonds. The lowest BCUT2D eigenvalue weighted by Crippen LogP contribution is -2.39. The zero-order valence-electron chi connectivity index (χ0n) is 42.1. The third-order valence-electron chi connectivity index (χ3n) is 10.6. The van der Waals surface area contributed by atoms with Crippen molar-refractivity contribution >= 4 is 49.9 Å². The Labute approximate surface area is 399 Å². The molecule has 16 heteroatoms. The van der Waals surface area contributed by atoms with E-state index in [1.165, 1.54) is 29.2 Å². The summed E-state index contributed by atoms with van der Waals surface area (Å²) in [5.41, 5.74) is 4.03. The van der Waals surface area contributed by atoms with Gasteiger partial charge in [-0.1, -0.05) is 90.9 Å². The van der Waals surface area contributed by atoms with Crippen LogP contribution in [0.1, 0.15) is 121 Å². The molecule has 0 saturated carbocycles. The normalized spacial score (nSPS) is 19.2. The standard InChI is InChI=1S/C24H40N2O4S.C14H17NO5S.C10H23N.CH3Cl/c1-7-30-23(27)22-13-14-31(28,29)26(22)18-20-10-8-9-19(15-20)11-12-21(17-25(5)6)16-24(2,3)4;1-2-20-14(17)13-6-7-21(18,19)15(13)9-11-4-3-5-12(8-11)10-16;1-9(8-11(5)6)7-10(2,3)4;1-2/h8-10,15,21-22H,7,11-14,16-18H2,1-6H3;3-5,8,10,13H,2,6-7,9H2,1H3;9H,7-8H2,1-6H3;1H3/t21-,22?;;9-;/m0.0./s1. The van der Waals surface area contributed by atoms with Crippen LogP contribution in [-0.4, -0.2) is 138 Å². The van der Waals surface area contributed by atoms with Crippen molar-refractivity contribution < 1.29 is 40.7 Å². The van der Waals surface area contributed by atoms with E-state index in [4.69, 9.17) is 9.47 Å². The van der Waals surface area contributed by atoms with E-state index in [0.717, 1.165) is 41.6 Å². The number of carbonyl (C=O) groups is 3. The minimum absolute atomic E-state index is 0.00477. The number of nitrogens with zero attached hydrogens (tertiary/aromatic N) is 4. The number of alkyl halides is 1. The van der Waals surface area contributed by atoms with Crippen LogP contribution in [0.4, 0.5) is 0 Å². The van der Waals surface area contributed by atoms with Gasteiger partial charge in [-0.3, -0.25) is 14.4 Å². The van der Waals surface area contributed by atoms with E-state index in [-0.39, 0.29) is 49.6 Å². The number of halogens is 1. The summed E-state index contributed by atoms with van der Waals surface area (Å²) < 4.78 is 61.8. The number of carbonyl (C=O) groups excluding carboxylic acids is 3. The van der Waals surface area contributed by atoms with E-state index in [9.17, 15) is 31.2 Å². The maximum absolute atomic E-state index is 12.5. The van der Waals surface area contributed by atoms with Crippen LogP contribution in [0.15, 0.2) is 48.5 Å². The van der Waals surface area contributed by atoms with Crippen LogP contribution < -0.4 is 0 Å². The van der Waals surface area contributed by atoms with Crippen molar-refractivity contribution in [2.45, 2.75) is 126 Å². The van der Waals surface area contributed by atoms with E-state index in [2.05, 4.69) is 110 Å². The number of ether oxygens (including phenoxy) is 2. The Morgan fingerprint density at radius 3 is 1.57 bits per heavy atom. The van der Waals surface area contributed by atoms with Crippen molar-refractivity contribution in [2.75, 3.05) is 72.4 Å². The molecular formula is C49H83ClN4O9S2. The van der Waals surface area contributed by atoms with E-state index in [1.807, 2.05) is 12.1 Å². The van der Waals surface area contributed by atoms with Crippen molar-refractivity contribution in [2.24, 2.45) is 22.7 Å². The molecule has 0 radical (unpaired) electrons. The van der Waals surface area contributed by atoms with E-state index in [1.54, 1.807) is 38.1 Å². The van der Waals surface area contributed by atoms with Gasteiger partial charge in [0, 0.05) is 38.1 Å². The van der Waals surface area contributed by atoms with Crippen molar-refractivity contribution in [3.8, 4) is 0 Å². The molecule has 2 aromatic carbocycles. The Morgan fingerprint density at radius 1 is 0.723 bits per heavy atom. The number of esters is 2. The van der Waals surface area contributed by atoms with Gasteiger partial charge < -0.3 is 19.3 Å². The van der Waals surface area contributed by atoms with Gasteiger partial charge in [-0.05, 0) is 126 Å². The molecule has 2 saturated heterocycles. The van der Waals surface area contributed by atoms with Crippen LogP contribution in [-0.2, 0) is 58.6 Å². The molecule has 13 nitrogen and oxygen atoms in total. The molecule has 0 aromatic heterocycles. The van der Waals surface area contributed by atoms with E-state index < -0.39 is 44.1 Å². The summed E-state index contributed by atoms with van der Waals surface area (Å²) in [6, 6.07) is 13.3. The van der Waals surface area contributed by atoms with Gasteiger partial charge in [0.15, 0.2) is 0 Å². The highest BCUT2D eigenvalue weighted by atomic mass is 35.5. The first-order chi connectivity index (χ1) is 30.2. The van der Waals surface area contributed by atoms with Gasteiger partial charge in [0.1, 0.15) is 18.4 Å². The quantitative estimate of drug-likeness (QED) is 0.0809. The lowest BCUT2D eigenvalue weighted by Gasteiger charge is -2.28.